The summed E-state index contributed by atoms with van der Waals surface area (Å²) in [6, 6.07) is 18.1. The molecule has 0 bridgehead atoms. The molecule has 0 spiro atoms. The van der Waals surface area contributed by atoms with Crippen LogP contribution < -0.4 is 14.8 Å². The first-order chi connectivity index (χ1) is 15.6. The van der Waals surface area contributed by atoms with Gasteiger partial charge in [0.1, 0.15) is 17.3 Å². The van der Waals surface area contributed by atoms with Crippen LogP contribution >= 0.6 is 0 Å². The summed E-state index contributed by atoms with van der Waals surface area (Å²) in [6.07, 6.45) is 0. The average molecular weight is 433 g/mol. The molecule has 1 aromatic heterocycles. The number of ether oxygens (including phenoxy) is 2. The first-order valence-corrected chi connectivity index (χ1v) is 9.76. The van der Waals surface area contributed by atoms with E-state index in [0.29, 0.717) is 28.2 Å². The molecule has 0 atom stereocenters. The average Bonchev–Trinajstić information content (AvgIpc) is 3.33. The molecular formula is C24H20FN3O4. The topological polar surface area (TPSA) is 86.5 Å². The summed E-state index contributed by atoms with van der Waals surface area (Å²) < 4.78 is 29.3. The van der Waals surface area contributed by atoms with Crippen LogP contribution in [0.4, 0.5) is 4.39 Å². The second kappa shape index (κ2) is 9.30. The molecule has 32 heavy (non-hydrogen) atoms. The largest absolute Gasteiger partial charge is 0.497 e. The predicted octanol–water partition coefficient (Wildman–Crippen LogP) is 4.49. The third-order valence-corrected chi connectivity index (χ3v) is 4.83. The second-order valence-corrected chi connectivity index (χ2v) is 6.87. The lowest BCUT2D eigenvalue weighted by Crippen LogP contribution is -2.23. The van der Waals surface area contributed by atoms with Gasteiger partial charge in [0.15, 0.2) is 0 Å². The van der Waals surface area contributed by atoms with Gasteiger partial charge in [-0.05, 0) is 54.6 Å². The zero-order valence-electron chi connectivity index (χ0n) is 17.5. The fourth-order valence-electron chi connectivity index (χ4n) is 3.15. The molecule has 0 aliphatic heterocycles. The Morgan fingerprint density at radius 2 is 1.81 bits per heavy atom. The molecule has 0 saturated heterocycles. The molecule has 0 radical (unpaired) electrons. The van der Waals surface area contributed by atoms with E-state index in [9.17, 15) is 9.18 Å². The zero-order valence-corrected chi connectivity index (χ0v) is 17.5. The van der Waals surface area contributed by atoms with Gasteiger partial charge in [-0.2, -0.15) is 4.98 Å². The van der Waals surface area contributed by atoms with E-state index >= 15 is 0 Å². The molecule has 1 N–H and O–H groups in total. The number of carbonyl (C=O) groups excluding carboxylic acids is 1. The number of halogens is 1. The van der Waals surface area contributed by atoms with Crippen LogP contribution in [0.15, 0.2) is 71.3 Å². The Balaban J connectivity index is 1.44. The van der Waals surface area contributed by atoms with Gasteiger partial charge in [0.2, 0.25) is 5.82 Å². The maximum absolute atomic E-state index is 13.4. The third kappa shape index (κ3) is 4.59. The van der Waals surface area contributed by atoms with E-state index in [0.717, 1.165) is 5.56 Å². The molecule has 4 rings (SSSR count). The number of nitrogens with one attached hydrogen (secondary N) is 1. The molecular weight excluding hydrogens is 413 g/mol. The summed E-state index contributed by atoms with van der Waals surface area (Å²) >= 11 is 0. The number of nitrogens with zero attached hydrogens (tertiary/aromatic N) is 2. The van der Waals surface area contributed by atoms with Gasteiger partial charge in [0.05, 0.1) is 14.2 Å². The van der Waals surface area contributed by atoms with Gasteiger partial charge in [-0.3, -0.25) is 4.79 Å². The lowest BCUT2D eigenvalue weighted by atomic mass is 10.1. The number of amides is 1. The van der Waals surface area contributed by atoms with Crippen LogP contribution in [0.25, 0.3) is 22.8 Å². The minimum Gasteiger partial charge on any atom is -0.497 e. The molecule has 1 heterocycles. The molecule has 7 nitrogen and oxygen atoms in total. The van der Waals surface area contributed by atoms with E-state index in [1.165, 1.54) is 12.1 Å². The highest BCUT2D eigenvalue weighted by molar-refractivity contribution is 5.94. The number of methoxy groups -OCH3 is 2. The normalized spacial score (nSPS) is 10.6. The van der Waals surface area contributed by atoms with Gasteiger partial charge in [-0.15, -0.1) is 0 Å². The molecule has 3 aromatic carbocycles. The molecule has 0 saturated carbocycles. The van der Waals surface area contributed by atoms with Crippen molar-refractivity contribution in [3.05, 3.63) is 83.7 Å². The number of aromatic nitrogens is 2. The predicted molar refractivity (Wildman–Crippen MR) is 116 cm³/mol. The van der Waals surface area contributed by atoms with Crippen molar-refractivity contribution < 1.29 is 23.2 Å². The van der Waals surface area contributed by atoms with Crippen molar-refractivity contribution >= 4 is 5.91 Å². The van der Waals surface area contributed by atoms with Crippen LogP contribution in [-0.4, -0.2) is 30.3 Å². The molecule has 0 unspecified atom stereocenters. The third-order valence-electron chi connectivity index (χ3n) is 4.83. The highest BCUT2D eigenvalue weighted by Crippen LogP contribution is 2.25. The van der Waals surface area contributed by atoms with E-state index in [1.54, 1.807) is 62.8 Å². The summed E-state index contributed by atoms with van der Waals surface area (Å²) in [7, 11) is 3.15. The van der Waals surface area contributed by atoms with Crippen LogP contribution in [0.2, 0.25) is 0 Å². The Labute approximate surface area is 183 Å². The Kier molecular flexibility index (Phi) is 6.12. The first kappa shape index (κ1) is 21.0. The lowest BCUT2D eigenvalue weighted by molar-refractivity contribution is 0.0950. The fourth-order valence-corrected chi connectivity index (χ4v) is 3.15. The van der Waals surface area contributed by atoms with Crippen molar-refractivity contribution in [3.63, 3.8) is 0 Å². The second-order valence-electron chi connectivity index (χ2n) is 6.87. The van der Waals surface area contributed by atoms with Gasteiger partial charge >= 0.3 is 0 Å². The lowest BCUT2D eigenvalue weighted by Gasteiger charge is -2.11. The van der Waals surface area contributed by atoms with Crippen LogP contribution in [0.5, 0.6) is 11.5 Å². The minimum absolute atomic E-state index is 0.243. The first-order valence-electron chi connectivity index (χ1n) is 9.76. The van der Waals surface area contributed by atoms with Crippen molar-refractivity contribution in [3.8, 4) is 34.3 Å². The smallest absolute Gasteiger partial charge is 0.258 e. The van der Waals surface area contributed by atoms with Crippen molar-refractivity contribution in [1.29, 1.82) is 0 Å². The van der Waals surface area contributed by atoms with Crippen molar-refractivity contribution in [2.45, 2.75) is 6.54 Å². The quantitative estimate of drug-likeness (QED) is 0.462. The van der Waals surface area contributed by atoms with Gasteiger partial charge in [0, 0.05) is 28.8 Å². The molecule has 1 amide bonds. The molecule has 0 aliphatic rings. The van der Waals surface area contributed by atoms with Gasteiger partial charge in [-0.1, -0.05) is 17.3 Å². The van der Waals surface area contributed by atoms with Crippen molar-refractivity contribution in [2.75, 3.05) is 14.2 Å². The summed E-state index contributed by atoms with van der Waals surface area (Å²) in [5.41, 5.74) is 2.43. The Morgan fingerprint density at radius 1 is 1.00 bits per heavy atom. The number of rotatable bonds is 7. The van der Waals surface area contributed by atoms with Crippen LogP contribution in [0.3, 0.4) is 0 Å². The number of hydrogen-bond acceptors (Lipinski definition) is 6. The standard InChI is InChI=1S/C24H20FN3O4/c1-30-20-10-11-21(31-2)18(13-20)14-26-23(29)15-6-8-16(9-7-15)24-27-22(28-32-24)17-4-3-5-19(25)12-17/h3-13H,14H2,1-2H3,(H,26,29). The van der Waals surface area contributed by atoms with Gasteiger partial charge in [0.25, 0.3) is 11.8 Å². The maximum atomic E-state index is 13.4. The van der Waals surface area contributed by atoms with Crippen molar-refractivity contribution in [2.24, 2.45) is 0 Å². The van der Waals surface area contributed by atoms with Gasteiger partial charge < -0.3 is 19.3 Å². The minimum atomic E-state index is -0.379. The Bertz CT molecular complexity index is 1240. The maximum Gasteiger partial charge on any atom is 0.258 e. The molecule has 8 heteroatoms. The number of hydrogen-bond donors (Lipinski definition) is 1. The Hall–Kier alpha value is -4.20. The summed E-state index contributed by atoms with van der Waals surface area (Å²) in [5, 5.41) is 6.77. The highest BCUT2D eigenvalue weighted by Gasteiger charge is 2.13. The summed E-state index contributed by atoms with van der Waals surface area (Å²) in [5.74, 6) is 1.28. The highest BCUT2D eigenvalue weighted by atomic mass is 19.1. The Morgan fingerprint density at radius 3 is 2.53 bits per heavy atom. The number of benzene rings is 3. The summed E-state index contributed by atoms with van der Waals surface area (Å²) in [6.45, 7) is 0.279. The van der Waals surface area contributed by atoms with E-state index in [1.807, 2.05) is 6.07 Å². The number of carbonyl (C=O) groups is 1. The van der Waals surface area contributed by atoms with Gasteiger partial charge in [-0.25, -0.2) is 4.39 Å². The molecule has 162 valence electrons. The van der Waals surface area contributed by atoms with Crippen LogP contribution in [-0.2, 0) is 6.54 Å². The molecule has 0 aliphatic carbocycles. The molecule has 0 fully saturated rings. The van der Waals surface area contributed by atoms with Crippen LogP contribution in [0.1, 0.15) is 15.9 Å². The molecule has 4 aromatic rings. The van der Waals surface area contributed by atoms with Crippen LogP contribution in [0, 0.1) is 5.82 Å². The fraction of sp³-hybridized carbons (Fsp3) is 0.125. The van der Waals surface area contributed by atoms with Crippen molar-refractivity contribution in [1.82, 2.24) is 15.5 Å². The summed E-state index contributed by atoms with van der Waals surface area (Å²) in [4.78, 5) is 16.9. The SMILES string of the molecule is COc1ccc(OC)c(CNC(=O)c2ccc(-c3nc(-c4cccc(F)c4)no3)cc2)c1. The van der Waals surface area contributed by atoms with E-state index in [4.69, 9.17) is 14.0 Å². The zero-order chi connectivity index (χ0) is 22.5. The van der Waals surface area contributed by atoms with E-state index in [2.05, 4.69) is 15.5 Å². The van der Waals surface area contributed by atoms with E-state index < -0.39 is 0 Å². The monoisotopic (exact) mass is 433 g/mol. The van der Waals surface area contributed by atoms with E-state index in [-0.39, 0.29) is 30.0 Å².